The first-order chi connectivity index (χ1) is 35.7. The third-order valence-electron chi connectivity index (χ3n) is 11.8. The van der Waals surface area contributed by atoms with E-state index in [4.69, 9.17) is 51.0 Å². The molecule has 28 heteroatoms. The Morgan fingerprint density at radius 2 is 0.759 bits per heavy atom. The quantitative estimate of drug-likeness (QED) is 0.0607. The number of hydrogen-bond acceptors (Lipinski definition) is 19. The molecule has 6 saturated heterocycles. The topological polar surface area (TPSA) is 391 Å². The number of nitrogens with zero attached hydrogens (tertiary/aromatic N) is 11. The lowest BCUT2D eigenvalue weighted by Crippen LogP contribution is -2.53. The van der Waals surface area contributed by atoms with Crippen molar-refractivity contribution in [3.63, 3.8) is 0 Å². The molecule has 79 heavy (non-hydrogen) atoms. The summed E-state index contributed by atoms with van der Waals surface area (Å²) in [5, 5.41) is 45.2. The number of carbonyl (C=O) groups excluding carboxylic acids is 5. The molecule has 28 nitrogen and oxygen atoms in total. The van der Waals surface area contributed by atoms with E-state index < -0.39 is 76.7 Å². The second kappa shape index (κ2) is 31.0. The van der Waals surface area contributed by atoms with Gasteiger partial charge >= 0.3 is 30.5 Å². The number of azide groups is 2. The summed E-state index contributed by atoms with van der Waals surface area (Å²) in [4.78, 5) is 71.3. The van der Waals surface area contributed by atoms with Crippen LogP contribution in [0, 0.1) is 0 Å². The maximum Gasteiger partial charge on any atom is 0.410 e. The zero-order valence-corrected chi connectivity index (χ0v) is 48.7. The predicted octanol–water partition coefficient (Wildman–Crippen LogP) is 6.00. The number of nitrogens with two attached hydrogens (primary N) is 2. The van der Waals surface area contributed by atoms with Crippen LogP contribution in [-0.2, 0) is 28.4 Å². The number of rotatable bonds is 2. The van der Waals surface area contributed by atoms with Gasteiger partial charge in [0.15, 0.2) is 0 Å². The van der Waals surface area contributed by atoms with Gasteiger partial charge in [-0.3, -0.25) is 0 Å². The van der Waals surface area contributed by atoms with Crippen molar-refractivity contribution in [2.45, 2.75) is 232 Å². The average Bonchev–Trinajstić information content (AvgIpc) is 4.07. The molecule has 6 fully saturated rings. The first-order valence-corrected chi connectivity index (χ1v) is 26.6. The van der Waals surface area contributed by atoms with Crippen LogP contribution >= 0.6 is 0 Å². The minimum atomic E-state index is -0.827. The normalized spacial score (nSPS) is 26.8. The van der Waals surface area contributed by atoms with Crippen LogP contribution in [0.2, 0.25) is 0 Å². The fourth-order valence-corrected chi connectivity index (χ4v) is 7.79. The molecule has 8 N–H and O–H groups in total. The van der Waals surface area contributed by atoms with E-state index in [1.807, 2.05) is 62.3 Å². The molecule has 0 aliphatic carbocycles. The molecule has 0 aromatic carbocycles. The van der Waals surface area contributed by atoms with Crippen molar-refractivity contribution in [1.82, 2.24) is 24.5 Å². The van der Waals surface area contributed by atoms with E-state index in [9.17, 15) is 44.4 Å². The van der Waals surface area contributed by atoms with Crippen LogP contribution in [0.5, 0.6) is 0 Å². The molecule has 5 amide bonds. The number of aliphatic hydroxyl groups excluding tert-OH is 4. The maximum atomic E-state index is 11.8. The van der Waals surface area contributed by atoms with Crippen molar-refractivity contribution >= 4 is 30.5 Å². The van der Waals surface area contributed by atoms with Crippen LogP contribution in [0.3, 0.4) is 0 Å². The monoisotopic (exact) mass is 1130 g/mol. The van der Waals surface area contributed by atoms with Crippen molar-refractivity contribution in [3.8, 4) is 0 Å². The summed E-state index contributed by atoms with van der Waals surface area (Å²) in [6.07, 6.45) is -0.919. The number of amides is 5. The van der Waals surface area contributed by atoms with Gasteiger partial charge in [-0.2, -0.15) is 0 Å². The number of β-amino-alcohol motifs (C(OH)–C–C–N with tert-alkyl or cyclic N) is 2. The van der Waals surface area contributed by atoms with Crippen LogP contribution in [0.15, 0.2) is 10.2 Å². The minimum Gasteiger partial charge on any atom is -0.444 e. The number of ether oxygens (including phenoxy) is 6. The lowest BCUT2D eigenvalue weighted by atomic mass is 10.0. The van der Waals surface area contributed by atoms with Gasteiger partial charge in [0, 0.05) is 67.7 Å². The Bertz CT molecular complexity index is 1990. The SMILES string of the molecule is C.CC(C)(C)OC(=O)N1CC[C@@H](N)[C@H](O)C1.CC(C)(C)OC(=O)N1CC[C@@H](N=[N+]=[N-])[C@H](O)C1.CC(C)(C)OC(=O)N1CC[C@@H]2O[C@@H]2C1.CC(C)(C)OC(=O)N1CC[C@H](O)[C@@H](N)C1.CC(C)(C)OC(=O)N1CC[C@H](O)[C@@H](N=[N+]=[N-])C1. The van der Waals surface area contributed by atoms with Crippen molar-refractivity contribution in [3.05, 3.63) is 20.9 Å². The van der Waals surface area contributed by atoms with Crippen molar-refractivity contribution in [2.75, 3.05) is 65.4 Å². The summed E-state index contributed by atoms with van der Waals surface area (Å²) < 4.78 is 31.4. The lowest BCUT2D eigenvalue weighted by Gasteiger charge is -2.35. The molecular formula is C51H97N13O15. The molecule has 456 valence electrons. The Morgan fingerprint density at radius 3 is 1.13 bits per heavy atom. The van der Waals surface area contributed by atoms with Gasteiger partial charge in [0.2, 0.25) is 0 Å². The van der Waals surface area contributed by atoms with Crippen LogP contribution in [0.25, 0.3) is 20.9 Å². The second-order valence-electron chi connectivity index (χ2n) is 24.9. The van der Waals surface area contributed by atoms with Gasteiger partial charge in [-0.25, -0.2) is 24.0 Å². The zero-order chi connectivity index (χ0) is 59.7. The van der Waals surface area contributed by atoms with Crippen LogP contribution in [0.4, 0.5) is 24.0 Å². The van der Waals surface area contributed by atoms with Crippen LogP contribution in [-0.4, -0.2) is 230 Å². The highest BCUT2D eigenvalue weighted by atomic mass is 16.6. The predicted molar refractivity (Wildman–Crippen MR) is 293 cm³/mol. The Hall–Kier alpha value is -5.31. The third kappa shape index (κ3) is 28.6. The summed E-state index contributed by atoms with van der Waals surface area (Å²) in [6.45, 7) is 31.6. The number of epoxide rings is 1. The molecule has 0 aromatic heterocycles. The summed E-state index contributed by atoms with van der Waals surface area (Å²) >= 11 is 0. The minimum absolute atomic E-state index is 0. The number of fused-ring (bicyclic) bond motifs is 1. The fraction of sp³-hybridized carbons (Fsp3) is 0.902. The zero-order valence-electron chi connectivity index (χ0n) is 48.7. The van der Waals surface area contributed by atoms with Gasteiger partial charge in [-0.05, 0) is 147 Å². The van der Waals surface area contributed by atoms with Gasteiger partial charge in [0.05, 0.1) is 62.2 Å². The molecule has 0 aromatic rings. The van der Waals surface area contributed by atoms with Crippen molar-refractivity contribution in [1.29, 1.82) is 0 Å². The molecule has 0 saturated carbocycles. The summed E-state index contributed by atoms with van der Waals surface area (Å²) in [7, 11) is 0. The molecule has 10 atom stereocenters. The third-order valence-corrected chi connectivity index (χ3v) is 11.8. The number of aliphatic hydroxyl groups is 4. The number of carbonyl (C=O) groups is 5. The molecule has 0 radical (unpaired) electrons. The van der Waals surface area contributed by atoms with Gasteiger partial charge in [0.25, 0.3) is 0 Å². The Labute approximate surface area is 466 Å². The molecule has 0 unspecified atom stereocenters. The highest BCUT2D eigenvalue weighted by molar-refractivity contribution is 5.70. The Kier molecular flexibility index (Phi) is 28.2. The van der Waals surface area contributed by atoms with Crippen molar-refractivity contribution < 1.29 is 72.8 Å². The van der Waals surface area contributed by atoms with E-state index in [1.165, 1.54) is 14.7 Å². The molecule has 6 aliphatic rings. The summed E-state index contributed by atoms with van der Waals surface area (Å²) in [5.74, 6) is 0. The van der Waals surface area contributed by atoms with Gasteiger partial charge in [-0.1, -0.05) is 17.7 Å². The second-order valence-corrected chi connectivity index (χ2v) is 24.9. The van der Waals surface area contributed by atoms with E-state index in [2.05, 4.69) is 20.1 Å². The lowest BCUT2D eigenvalue weighted by molar-refractivity contribution is -0.00107. The standard InChI is InChI=1S/2C10H18N4O3.2C10H20N2O3.C10H17NO3.CH4/c1-10(2,3)17-9(16)14-5-4-8(15)7(6-14)12-13-11;1-10(2,3)17-9(16)14-5-4-7(12-13-11)8(15)6-14;1-10(2,3)15-9(14)12-5-4-8(13)7(11)6-12;1-10(2,3)15-9(14)12-5-4-7(11)8(13)6-12;1-10(2,3)14-9(12)11-5-4-7-8(6-11)13-7;/h2*7-8,15H,4-6H2,1-3H3;2*7-8,13H,4-6,11H2,1-3H3;7-8H,4-6H2,1-3H3;1H4/t4*7-,8-;7-,8+;/m01010./s1. The number of likely N-dealkylation sites (tertiary alicyclic amines) is 5. The van der Waals surface area contributed by atoms with Crippen LogP contribution < -0.4 is 11.5 Å². The number of piperidine rings is 5. The average molecular weight is 1130 g/mol. The van der Waals surface area contributed by atoms with E-state index in [1.54, 1.807) is 51.3 Å². The van der Waals surface area contributed by atoms with Gasteiger partial charge in [0.1, 0.15) is 34.1 Å². The largest absolute Gasteiger partial charge is 0.444 e. The molecule has 6 rings (SSSR count). The highest BCUT2D eigenvalue weighted by Crippen LogP contribution is 2.31. The van der Waals surface area contributed by atoms with E-state index >= 15 is 0 Å². The summed E-state index contributed by atoms with van der Waals surface area (Å²) in [5.41, 5.74) is 25.5. The highest BCUT2D eigenvalue weighted by Gasteiger charge is 2.45. The molecule has 6 aliphatic heterocycles. The first-order valence-electron chi connectivity index (χ1n) is 26.6. The molecule has 0 spiro atoms. The first kappa shape index (κ1) is 71.7. The summed E-state index contributed by atoms with van der Waals surface area (Å²) in [6, 6.07) is -1.66. The maximum absolute atomic E-state index is 11.8. The molecular weight excluding hydrogens is 1030 g/mol. The smallest absolute Gasteiger partial charge is 0.410 e. The van der Waals surface area contributed by atoms with Crippen LogP contribution in [0.1, 0.15) is 143 Å². The Morgan fingerprint density at radius 1 is 0.430 bits per heavy atom. The van der Waals surface area contributed by atoms with E-state index in [0.29, 0.717) is 71.1 Å². The fourth-order valence-electron chi connectivity index (χ4n) is 7.79. The van der Waals surface area contributed by atoms with E-state index in [-0.39, 0.29) is 63.5 Å². The van der Waals surface area contributed by atoms with Gasteiger partial charge in [-0.15, -0.1) is 0 Å². The Balaban J connectivity index is 0.000000493. The van der Waals surface area contributed by atoms with E-state index in [0.717, 1.165) is 13.0 Å². The van der Waals surface area contributed by atoms with Gasteiger partial charge < -0.3 is 84.8 Å². The molecule has 0 bridgehead atoms. The number of hydrogen-bond donors (Lipinski definition) is 6. The van der Waals surface area contributed by atoms with Crippen molar-refractivity contribution in [2.24, 2.45) is 21.7 Å². The molecule has 6 heterocycles.